The lowest BCUT2D eigenvalue weighted by atomic mass is 10.0. The SMILES string of the molecule is CCCC[C@H](NC(=O)c1ccc2cc[nH]c2c1)C(=O)N[C@H]1CCC[C@H]1C(=O)OC. The monoisotopic (exact) mass is 399 g/mol. The van der Waals surface area contributed by atoms with E-state index >= 15 is 0 Å². The molecule has 0 radical (unpaired) electrons. The number of fused-ring (bicyclic) bond motifs is 1. The average Bonchev–Trinajstić information content (AvgIpc) is 3.38. The highest BCUT2D eigenvalue weighted by Crippen LogP contribution is 2.27. The van der Waals surface area contributed by atoms with Gasteiger partial charge in [-0.15, -0.1) is 0 Å². The summed E-state index contributed by atoms with van der Waals surface area (Å²) in [5.74, 6) is -1.13. The first-order valence-electron chi connectivity index (χ1n) is 10.3. The van der Waals surface area contributed by atoms with Gasteiger partial charge < -0.3 is 20.4 Å². The van der Waals surface area contributed by atoms with Gasteiger partial charge in [0.15, 0.2) is 0 Å². The Morgan fingerprint density at radius 2 is 2.07 bits per heavy atom. The van der Waals surface area contributed by atoms with Crippen LogP contribution in [0, 0.1) is 5.92 Å². The van der Waals surface area contributed by atoms with Crippen LogP contribution in [-0.2, 0) is 14.3 Å². The number of aromatic nitrogens is 1. The standard InChI is InChI=1S/C22H29N3O4/c1-3-4-7-18(21(27)24-17-8-5-6-16(17)22(28)29-2)25-20(26)15-10-9-14-11-12-23-19(14)13-15/h9-13,16-18,23H,3-8H2,1-2H3,(H,24,27)(H,25,26)/t16-,17+,18+/m1/s1. The lowest BCUT2D eigenvalue weighted by Gasteiger charge is -2.24. The molecule has 0 bridgehead atoms. The van der Waals surface area contributed by atoms with Gasteiger partial charge in [0.05, 0.1) is 13.0 Å². The Morgan fingerprint density at radius 1 is 1.24 bits per heavy atom. The van der Waals surface area contributed by atoms with E-state index in [0.717, 1.165) is 36.6 Å². The second-order valence-corrected chi connectivity index (χ2v) is 7.62. The summed E-state index contributed by atoms with van der Waals surface area (Å²) in [5, 5.41) is 6.88. The molecule has 29 heavy (non-hydrogen) atoms. The molecule has 2 aromatic rings. The van der Waals surface area contributed by atoms with E-state index in [1.165, 1.54) is 7.11 Å². The van der Waals surface area contributed by atoms with Crippen LogP contribution in [0.4, 0.5) is 0 Å². The number of amides is 2. The minimum absolute atomic E-state index is 0.242. The largest absolute Gasteiger partial charge is 0.469 e. The minimum Gasteiger partial charge on any atom is -0.469 e. The number of unbranched alkanes of at least 4 members (excludes halogenated alkanes) is 1. The Hall–Kier alpha value is -2.83. The zero-order chi connectivity index (χ0) is 20.8. The fourth-order valence-electron chi connectivity index (χ4n) is 3.96. The van der Waals surface area contributed by atoms with Crippen molar-refractivity contribution in [3.8, 4) is 0 Å². The maximum absolute atomic E-state index is 12.9. The van der Waals surface area contributed by atoms with Crippen molar-refractivity contribution < 1.29 is 19.1 Å². The molecule has 1 aliphatic rings. The highest BCUT2D eigenvalue weighted by atomic mass is 16.5. The van der Waals surface area contributed by atoms with Crippen LogP contribution < -0.4 is 10.6 Å². The molecule has 3 rings (SSSR count). The second-order valence-electron chi connectivity index (χ2n) is 7.62. The third-order valence-electron chi connectivity index (χ3n) is 5.63. The molecule has 1 aromatic carbocycles. The number of nitrogens with one attached hydrogen (secondary N) is 3. The van der Waals surface area contributed by atoms with Gasteiger partial charge in [0, 0.05) is 23.3 Å². The van der Waals surface area contributed by atoms with E-state index in [-0.39, 0.29) is 29.7 Å². The first kappa shape index (κ1) is 20.9. The summed E-state index contributed by atoms with van der Waals surface area (Å²) >= 11 is 0. The first-order valence-corrected chi connectivity index (χ1v) is 10.3. The van der Waals surface area contributed by atoms with E-state index in [1.54, 1.807) is 12.1 Å². The topological polar surface area (TPSA) is 100 Å². The number of aromatic amines is 1. The van der Waals surface area contributed by atoms with Crippen LogP contribution in [0.2, 0.25) is 0 Å². The van der Waals surface area contributed by atoms with Crippen LogP contribution in [0.1, 0.15) is 55.8 Å². The smallest absolute Gasteiger partial charge is 0.310 e. The van der Waals surface area contributed by atoms with Crippen molar-refractivity contribution in [3.63, 3.8) is 0 Å². The molecular formula is C22H29N3O4. The van der Waals surface area contributed by atoms with Crippen LogP contribution in [0.5, 0.6) is 0 Å². The molecule has 0 spiro atoms. The van der Waals surface area contributed by atoms with Gasteiger partial charge >= 0.3 is 5.97 Å². The minimum atomic E-state index is -0.638. The van der Waals surface area contributed by atoms with Gasteiger partial charge in [-0.05, 0) is 42.8 Å². The lowest BCUT2D eigenvalue weighted by molar-refractivity contribution is -0.146. The van der Waals surface area contributed by atoms with Crippen LogP contribution in [-0.4, -0.2) is 42.0 Å². The molecule has 1 heterocycles. The summed E-state index contributed by atoms with van der Waals surface area (Å²) < 4.78 is 4.86. The van der Waals surface area contributed by atoms with Crippen molar-refractivity contribution in [3.05, 3.63) is 36.0 Å². The Morgan fingerprint density at radius 3 is 2.83 bits per heavy atom. The van der Waals surface area contributed by atoms with Crippen molar-refractivity contribution in [2.45, 2.75) is 57.5 Å². The summed E-state index contributed by atoms with van der Waals surface area (Å²) in [5.41, 5.74) is 1.38. The molecule has 3 N–H and O–H groups in total. The van der Waals surface area contributed by atoms with E-state index in [2.05, 4.69) is 15.6 Å². The van der Waals surface area contributed by atoms with Crippen molar-refractivity contribution in [1.29, 1.82) is 0 Å². The molecule has 156 valence electrons. The van der Waals surface area contributed by atoms with Crippen molar-refractivity contribution >= 4 is 28.7 Å². The number of esters is 1. The van der Waals surface area contributed by atoms with Gasteiger partial charge in [0.25, 0.3) is 5.91 Å². The highest BCUT2D eigenvalue weighted by Gasteiger charge is 2.36. The van der Waals surface area contributed by atoms with Gasteiger partial charge in [0.2, 0.25) is 5.91 Å². The average molecular weight is 399 g/mol. The first-order chi connectivity index (χ1) is 14.0. The normalized spacial score (nSPS) is 19.7. The number of methoxy groups -OCH3 is 1. The van der Waals surface area contributed by atoms with Gasteiger partial charge in [-0.2, -0.15) is 0 Å². The Labute approximate surface area is 170 Å². The molecule has 1 saturated carbocycles. The maximum Gasteiger partial charge on any atom is 0.310 e. The molecule has 0 aliphatic heterocycles. The molecule has 1 fully saturated rings. The third-order valence-corrected chi connectivity index (χ3v) is 5.63. The number of ether oxygens (including phenoxy) is 1. The number of carbonyl (C=O) groups excluding carboxylic acids is 3. The van der Waals surface area contributed by atoms with Crippen LogP contribution in [0.25, 0.3) is 10.9 Å². The lowest BCUT2D eigenvalue weighted by Crippen LogP contribution is -2.51. The predicted molar refractivity (Wildman–Crippen MR) is 110 cm³/mol. The second kappa shape index (κ2) is 9.58. The van der Waals surface area contributed by atoms with E-state index < -0.39 is 6.04 Å². The fraction of sp³-hybridized carbons (Fsp3) is 0.500. The maximum atomic E-state index is 12.9. The summed E-state index contributed by atoms with van der Waals surface area (Å²) in [6.07, 6.45) is 6.43. The Bertz CT molecular complexity index is 876. The number of rotatable bonds is 8. The van der Waals surface area contributed by atoms with Crippen LogP contribution in [0.15, 0.2) is 30.5 Å². The number of hydrogen-bond acceptors (Lipinski definition) is 4. The molecule has 7 heteroatoms. The number of hydrogen-bond donors (Lipinski definition) is 3. The van der Waals surface area contributed by atoms with E-state index in [9.17, 15) is 14.4 Å². The van der Waals surface area contributed by atoms with Crippen molar-refractivity contribution in [2.24, 2.45) is 5.92 Å². The Kier molecular flexibility index (Phi) is 6.90. The van der Waals surface area contributed by atoms with Gasteiger partial charge in [-0.3, -0.25) is 14.4 Å². The molecular weight excluding hydrogens is 370 g/mol. The molecule has 0 saturated heterocycles. The number of carbonyl (C=O) groups is 3. The predicted octanol–water partition coefficient (Wildman–Crippen LogP) is 2.91. The summed E-state index contributed by atoms with van der Waals surface area (Å²) in [7, 11) is 1.37. The van der Waals surface area contributed by atoms with Crippen LogP contribution >= 0.6 is 0 Å². The summed E-state index contributed by atoms with van der Waals surface area (Å²) in [6.45, 7) is 2.04. The highest BCUT2D eigenvalue weighted by molar-refractivity contribution is 6.00. The molecule has 0 unspecified atom stereocenters. The zero-order valence-electron chi connectivity index (χ0n) is 17.0. The molecule has 1 aromatic heterocycles. The van der Waals surface area contributed by atoms with Crippen molar-refractivity contribution in [2.75, 3.05) is 7.11 Å². The number of H-pyrrole nitrogens is 1. The zero-order valence-corrected chi connectivity index (χ0v) is 17.0. The van der Waals surface area contributed by atoms with E-state index in [0.29, 0.717) is 18.4 Å². The van der Waals surface area contributed by atoms with Gasteiger partial charge in [0.1, 0.15) is 6.04 Å². The van der Waals surface area contributed by atoms with Gasteiger partial charge in [-0.1, -0.05) is 32.3 Å². The fourth-order valence-corrected chi connectivity index (χ4v) is 3.96. The summed E-state index contributed by atoms with van der Waals surface area (Å²) in [4.78, 5) is 40.7. The summed E-state index contributed by atoms with van der Waals surface area (Å²) in [6, 6.07) is 6.47. The molecule has 2 amide bonds. The molecule has 3 atom stereocenters. The Balaban J connectivity index is 1.68. The quantitative estimate of drug-likeness (QED) is 0.594. The van der Waals surface area contributed by atoms with Crippen molar-refractivity contribution in [1.82, 2.24) is 15.6 Å². The van der Waals surface area contributed by atoms with E-state index in [4.69, 9.17) is 4.74 Å². The third kappa shape index (κ3) is 4.96. The van der Waals surface area contributed by atoms with Gasteiger partial charge in [-0.25, -0.2) is 0 Å². The molecule has 1 aliphatic carbocycles. The number of benzene rings is 1. The molecule has 7 nitrogen and oxygen atoms in total. The van der Waals surface area contributed by atoms with E-state index in [1.807, 2.05) is 25.3 Å². The van der Waals surface area contributed by atoms with Crippen LogP contribution in [0.3, 0.4) is 0 Å².